The highest BCUT2D eigenvalue weighted by Gasteiger charge is 2.44. The van der Waals surface area contributed by atoms with Crippen LogP contribution >= 0.6 is 0 Å². The maximum Gasteiger partial charge on any atom is 0.306 e. The predicted octanol–water partition coefficient (Wildman–Crippen LogP) is 9.11. The van der Waals surface area contributed by atoms with Gasteiger partial charge in [-0.3, -0.25) is 9.59 Å². The molecule has 0 radical (unpaired) electrons. The topological polar surface area (TPSA) is 152 Å². The zero-order valence-electron chi connectivity index (χ0n) is 34.7. The molecule has 4 N–H and O–H groups in total. The molecule has 0 bridgehead atoms. The van der Waals surface area contributed by atoms with Gasteiger partial charge in [0.05, 0.1) is 13.2 Å². The Hall–Kier alpha value is -2.08. The van der Waals surface area contributed by atoms with Crippen LogP contribution in [0.3, 0.4) is 0 Å². The van der Waals surface area contributed by atoms with Crippen LogP contribution in [0, 0.1) is 0 Å². The number of aliphatic hydroxyl groups excluding tert-OH is 4. The summed E-state index contributed by atoms with van der Waals surface area (Å²) in [5.74, 6) is -0.870. The average Bonchev–Trinajstić information content (AvgIpc) is 3.18. The normalized spacial score (nSPS) is 20.9. The molecule has 1 heterocycles. The van der Waals surface area contributed by atoms with Gasteiger partial charge in [-0.2, -0.15) is 0 Å². The van der Waals surface area contributed by atoms with Crippen molar-refractivity contribution in [1.82, 2.24) is 0 Å². The molecule has 55 heavy (non-hydrogen) atoms. The summed E-state index contributed by atoms with van der Waals surface area (Å²) >= 11 is 0. The smallest absolute Gasteiger partial charge is 0.306 e. The van der Waals surface area contributed by atoms with Crippen LogP contribution in [-0.4, -0.2) is 89.0 Å². The Morgan fingerprint density at radius 1 is 0.564 bits per heavy atom. The van der Waals surface area contributed by atoms with Gasteiger partial charge in [0.1, 0.15) is 31.0 Å². The zero-order valence-corrected chi connectivity index (χ0v) is 34.7. The van der Waals surface area contributed by atoms with Crippen LogP contribution in [0.1, 0.15) is 181 Å². The van der Waals surface area contributed by atoms with Gasteiger partial charge in [0.25, 0.3) is 0 Å². The molecule has 1 fully saturated rings. The summed E-state index contributed by atoms with van der Waals surface area (Å²) in [5.41, 5.74) is 0. The number of hydrogen-bond acceptors (Lipinski definition) is 10. The van der Waals surface area contributed by atoms with Crippen molar-refractivity contribution in [3.8, 4) is 0 Å². The van der Waals surface area contributed by atoms with Crippen LogP contribution in [0.4, 0.5) is 0 Å². The van der Waals surface area contributed by atoms with Crippen molar-refractivity contribution >= 4 is 11.9 Å². The van der Waals surface area contributed by atoms with Crippen molar-refractivity contribution < 1.29 is 49.0 Å². The van der Waals surface area contributed by atoms with E-state index in [0.29, 0.717) is 12.8 Å². The van der Waals surface area contributed by atoms with E-state index in [2.05, 4.69) is 50.3 Å². The van der Waals surface area contributed by atoms with Gasteiger partial charge in [-0.15, -0.1) is 0 Å². The highest BCUT2D eigenvalue weighted by Crippen LogP contribution is 2.22. The minimum atomic E-state index is -1.60. The maximum atomic E-state index is 12.7. The van der Waals surface area contributed by atoms with Gasteiger partial charge in [0.15, 0.2) is 12.4 Å². The number of rotatable bonds is 36. The van der Waals surface area contributed by atoms with E-state index in [0.717, 1.165) is 44.9 Å². The Balaban J connectivity index is 2.38. The van der Waals surface area contributed by atoms with Crippen LogP contribution in [0.2, 0.25) is 0 Å². The van der Waals surface area contributed by atoms with Crippen molar-refractivity contribution in [2.24, 2.45) is 0 Å². The second-order valence-electron chi connectivity index (χ2n) is 15.1. The fraction of sp³-hybridized carbons (Fsp3) is 0.822. The molecule has 320 valence electrons. The fourth-order valence-electron chi connectivity index (χ4n) is 6.45. The van der Waals surface area contributed by atoms with Gasteiger partial charge in [0, 0.05) is 12.8 Å². The first-order valence-electron chi connectivity index (χ1n) is 22.1. The Morgan fingerprint density at radius 2 is 1.02 bits per heavy atom. The highest BCUT2D eigenvalue weighted by atomic mass is 16.7. The quantitative estimate of drug-likeness (QED) is 0.0275. The van der Waals surface area contributed by atoms with E-state index in [1.807, 2.05) is 0 Å². The third-order valence-electron chi connectivity index (χ3n) is 10.00. The maximum absolute atomic E-state index is 12.7. The van der Waals surface area contributed by atoms with Crippen LogP contribution < -0.4 is 0 Å². The number of unbranched alkanes of at least 4 members (excludes halogenated alkanes) is 19. The summed E-state index contributed by atoms with van der Waals surface area (Å²) in [7, 11) is 0. The second kappa shape index (κ2) is 36.3. The monoisotopic (exact) mass is 781 g/mol. The van der Waals surface area contributed by atoms with Crippen LogP contribution in [0.15, 0.2) is 36.5 Å². The van der Waals surface area contributed by atoms with Crippen LogP contribution in [0.25, 0.3) is 0 Å². The lowest BCUT2D eigenvalue weighted by Crippen LogP contribution is -2.59. The molecule has 1 saturated heterocycles. The lowest BCUT2D eigenvalue weighted by atomic mass is 9.99. The minimum Gasteiger partial charge on any atom is -0.462 e. The summed E-state index contributed by atoms with van der Waals surface area (Å²) in [5, 5.41) is 40.0. The van der Waals surface area contributed by atoms with E-state index in [-0.39, 0.29) is 26.1 Å². The number of hydrogen-bond donors (Lipinski definition) is 4. The fourth-order valence-corrected chi connectivity index (χ4v) is 6.45. The molecule has 0 aliphatic carbocycles. The second-order valence-corrected chi connectivity index (χ2v) is 15.1. The van der Waals surface area contributed by atoms with Crippen LogP contribution in [0.5, 0.6) is 0 Å². The first-order valence-corrected chi connectivity index (χ1v) is 22.1. The number of allylic oxidation sites excluding steroid dienone is 6. The van der Waals surface area contributed by atoms with E-state index in [4.69, 9.17) is 18.9 Å². The van der Waals surface area contributed by atoms with Crippen molar-refractivity contribution in [3.63, 3.8) is 0 Å². The first kappa shape index (κ1) is 50.9. The number of aliphatic hydroxyl groups is 4. The van der Waals surface area contributed by atoms with Crippen molar-refractivity contribution in [3.05, 3.63) is 36.5 Å². The van der Waals surface area contributed by atoms with E-state index in [9.17, 15) is 30.0 Å². The molecular formula is C45H80O10. The third-order valence-corrected chi connectivity index (χ3v) is 10.00. The number of carbonyl (C=O) groups excluding carboxylic acids is 2. The molecule has 0 amide bonds. The Morgan fingerprint density at radius 3 is 1.53 bits per heavy atom. The van der Waals surface area contributed by atoms with E-state index < -0.39 is 55.4 Å². The number of carbonyl (C=O) groups is 2. The van der Waals surface area contributed by atoms with E-state index >= 15 is 0 Å². The third kappa shape index (κ3) is 28.0. The Kier molecular flexibility index (Phi) is 33.6. The van der Waals surface area contributed by atoms with Gasteiger partial charge in [-0.25, -0.2) is 0 Å². The van der Waals surface area contributed by atoms with E-state index in [1.165, 1.54) is 96.3 Å². The number of esters is 2. The van der Waals surface area contributed by atoms with Gasteiger partial charge < -0.3 is 39.4 Å². The minimum absolute atomic E-state index is 0.193. The first-order chi connectivity index (χ1) is 26.8. The molecule has 0 aromatic carbocycles. The highest BCUT2D eigenvalue weighted by molar-refractivity contribution is 5.70. The molecule has 10 heteroatoms. The summed E-state index contributed by atoms with van der Waals surface area (Å²) in [6.45, 7) is 3.36. The van der Waals surface area contributed by atoms with Gasteiger partial charge >= 0.3 is 11.9 Å². The molecule has 1 aliphatic heterocycles. The molecule has 0 aromatic rings. The SMILES string of the molecule is CCCCCCCC/C=C/C/C=C/CCCCC(=O)OC[C@@H](CO[C@H]1O[C@@H](CO)[C@@H](O)C(O)C1O)OC(=O)CCCC/C=C/CCCCCCCCCCC. The summed E-state index contributed by atoms with van der Waals surface area (Å²) in [6, 6.07) is 0. The Bertz CT molecular complexity index is 996. The zero-order chi connectivity index (χ0) is 40.2. The summed E-state index contributed by atoms with van der Waals surface area (Å²) < 4.78 is 22.1. The van der Waals surface area contributed by atoms with Gasteiger partial charge in [-0.1, -0.05) is 134 Å². The standard InChI is InChI=1S/C45H80O10/c1-3-5-7-9-11-13-15-17-19-21-23-25-27-29-31-33-40(47)52-36-38(37-53-45-44(51)43(50)42(49)39(35-46)55-45)54-41(48)34-32-30-28-26-24-22-20-18-16-14-12-10-8-6-4-2/h17,19,23-26,38-39,42-46,49-51H,3-16,18,20-22,27-37H2,1-2H3/b19-17+,25-23+,26-24+/t38-,39-,42+,43?,44?,45-/m0/s1. The molecule has 0 spiro atoms. The van der Waals surface area contributed by atoms with Gasteiger partial charge in [-0.05, 0) is 70.6 Å². The van der Waals surface area contributed by atoms with E-state index in [1.54, 1.807) is 0 Å². The largest absolute Gasteiger partial charge is 0.462 e. The molecule has 0 aromatic heterocycles. The molecule has 0 saturated carbocycles. The lowest BCUT2D eigenvalue weighted by molar-refractivity contribution is -0.305. The van der Waals surface area contributed by atoms with Crippen molar-refractivity contribution in [1.29, 1.82) is 0 Å². The average molecular weight is 781 g/mol. The molecule has 2 unspecified atom stereocenters. The molecule has 6 atom stereocenters. The van der Waals surface area contributed by atoms with Crippen molar-refractivity contribution in [2.75, 3.05) is 19.8 Å². The lowest BCUT2D eigenvalue weighted by Gasteiger charge is -2.39. The molecular weight excluding hydrogens is 700 g/mol. The summed E-state index contributed by atoms with van der Waals surface area (Å²) in [4.78, 5) is 25.3. The van der Waals surface area contributed by atoms with Crippen molar-refractivity contribution in [2.45, 2.75) is 218 Å². The van der Waals surface area contributed by atoms with Crippen LogP contribution in [-0.2, 0) is 28.5 Å². The molecule has 1 rings (SSSR count). The molecule has 1 aliphatic rings. The number of ether oxygens (including phenoxy) is 4. The predicted molar refractivity (Wildman–Crippen MR) is 219 cm³/mol. The Labute approximate surface area is 334 Å². The van der Waals surface area contributed by atoms with Gasteiger partial charge in [0.2, 0.25) is 0 Å². The molecule has 10 nitrogen and oxygen atoms in total. The summed E-state index contributed by atoms with van der Waals surface area (Å²) in [6.07, 6.45) is 33.0.